The van der Waals surface area contributed by atoms with E-state index in [1.54, 1.807) is 0 Å². The molecule has 22 heavy (non-hydrogen) atoms. The van der Waals surface area contributed by atoms with Gasteiger partial charge < -0.3 is 19.3 Å². The van der Waals surface area contributed by atoms with Crippen LogP contribution in [0.2, 0.25) is 0 Å². The molecule has 4 heteroatoms. The van der Waals surface area contributed by atoms with Crippen LogP contribution in [-0.2, 0) is 14.2 Å². The van der Waals surface area contributed by atoms with Gasteiger partial charge in [-0.1, -0.05) is 45.4 Å². The molecule has 3 unspecified atom stereocenters. The van der Waals surface area contributed by atoms with Gasteiger partial charge in [0.15, 0.2) is 0 Å². The third kappa shape index (κ3) is 14.8. The highest BCUT2D eigenvalue weighted by Gasteiger charge is 2.09. The number of aliphatic hydroxyl groups is 1. The molecule has 0 aromatic heterocycles. The molecule has 4 nitrogen and oxygen atoms in total. The summed E-state index contributed by atoms with van der Waals surface area (Å²) >= 11 is 0. The van der Waals surface area contributed by atoms with Crippen LogP contribution >= 0.6 is 0 Å². The quantitative estimate of drug-likeness (QED) is 0.438. The number of rotatable bonds is 16. The summed E-state index contributed by atoms with van der Waals surface area (Å²) in [5.41, 5.74) is 0. The normalized spacial score (nSPS) is 15.7. The summed E-state index contributed by atoms with van der Waals surface area (Å²) in [5.74, 6) is 0. The van der Waals surface area contributed by atoms with E-state index in [0.717, 1.165) is 13.0 Å². The first kappa shape index (κ1) is 21.8. The lowest BCUT2D eigenvalue weighted by atomic mass is 10.1. The number of hydrogen-bond acceptors (Lipinski definition) is 4. The third-order valence-electron chi connectivity index (χ3n) is 3.64. The van der Waals surface area contributed by atoms with Gasteiger partial charge in [0.2, 0.25) is 0 Å². The van der Waals surface area contributed by atoms with Crippen LogP contribution in [0.5, 0.6) is 0 Å². The Morgan fingerprint density at radius 2 is 1.18 bits per heavy atom. The van der Waals surface area contributed by atoms with Gasteiger partial charge in [0, 0.05) is 6.61 Å². The summed E-state index contributed by atoms with van der Waals surface area (Å²) in [6, 6.07) is 0. The first-order valence-electron chi connectivity index (χ1n) is 9.05. The Kier molecular flexibility index (Phi) is 15.6. The van der Waals surface area contributed by atoms with Gasteiger partial charge in [-0.05, 0) is 27.2 Å². The summed E-state index contributed by atoms with van der Waals surface area (Å²) in [4.78, 5) is 0. The van der Waals surface area contributed by atoms with E-state index in [9.17, 15) is 0 Å². The molecule has 0 aromatic carbocycles. The highest BCUT2D eigenvalue weighted by molar-refractivity contribution is 4.55. The lowest BCUT2D eigenvalue weighted by Crippen LogP contribution is -2.26. The average Bonchev–Trinajstić information content (AvgIpc) is 2.53. The summed E-state index contributed by atoms with van der Waals surface area (Å²) < 4.78 is 16.9. The monoisotopic (exact) mass is 318 g/mol. The molecule has 0 radical (unpaired) electrons. The fourth-order valence-electron chi connectivity index (χ4n) is 2.09. The highest BCUT2D eigenvalue weighted by atomic mass is 16.6. The Labute approximate surface area is 137 Å². The van der Waals surface area contributed by atoms with Gasteiger partial charge in [-0.2, -0.15) is 0 Å². The maximum atomic E-state index is 8.88. The van der Waals surface area contributed by atoms with E-state index in [0.29, 0.717) is 13.2 Å². The molecular weight excluding hydrogens is 280 g/mol. The summed E-state index contributed by atoms with van der Waals surface area (Å²) in [6.45, 7) is 10.1. The molecule has 0 heterocycles. The maximum absolute atomic E-state index is 8.88. The molecule has 0 aromatic rings. The fourth-order valence-corrected chi connectivity index (χ4v) is 2.09. The Bertz CT molecular complexity index is 223. The van der Waals surface area contributed by atoms with Gasteiger partial charge in [-0.15, -0.1) is 0 Å². The van der Waals surface area contributed by atoms with Crippen LogP contribution in [0.4, 0.5) is 0 Å². The van der Waals surface area contributed by atoms with Crippen LogP contribution in [0.3, 0.4) is 0 Å². The van der Waals surface area contributed by atoms with Crippen molar-refractivity contribution in [3.8, 4) is 0 Å². The molecule has 1 N–H and O–H groups in total. The molecule has 3 atom stereocenters. The van der Waals surface area contributed by atoms with E-state index in [1.165, 1.54) is 38.5 Å². The van der Waals surface area contributed by atoms with E-state index < -0.39 is 0 Å². The van der Waals surface area contributed by atoms with Crippen molar-refractivity contribution in [3.63, 3.8) is 0 Å². The van der Waals surface area contributed by atoms with Crippen molar-refractivity contribution in [1.29, 1.82) is 0 Å². The second-order valence-electron chi connectivity index (χ2n) is 6.27. The maximum Gasteiger partial charge on any atom is 0.0781 e. The molecule has 0 rings (SSSR count). The standard InChI is InChI=1S/C18H38O4/c1-5-6-7-8-9-10-11-12-20-17(3)14-22-18(4)15-21-16(2)13-19/h16-19H,5-15H2,1-4H3. The van der Waals surface area contributed by atoms with Crippen LogP contribution in [0.15, 0.2) is 0 Å². The summed E-state index contributed by atoms with van der Waals surface area (Å²) in [5, 5.41) is 8.88. The number of unbranched alkanes of at least 4 members (excludes halogenated alkanes) is 6. The highest BCUT2D eigenvalue weighted by Crippen LogP contribution is 2.07. The molecule has 0 aliphatic heterocycles. The lowest BCUT2D eigenvalue weighted by molar-refractivity contribution is -0.0746. The van der Waals surface area contributed by atoms with E-state index in [-0.39, 0.29) is 24.9 Å². The minimum Gasteiger partial charge on any atom is -0.394 e. The van der Waals surface area contributed by atoms with Gasteiger partial charge in [0.05, 0.1) is 38.1 Å². The summed E-state index contributed by atoms with van der Waals surface area (Å²) in [7, 11) is 0. The first-order valence-corrected chi connectivity index (χ1v) is 9.05. The molecule has 0 bridgehead atoms. The largest absolute Gasteiger partial charge is 0.394 e. The smallest absolute Gasteiger partial charge is 0.0781 e. The molecule has 0 fully saturated rings. The second kappa shape index (κ2) is 15.7. The lowest BCUT2D eigenvalue weighted by Gasteiger charge is -2.19. The first-order chi connectivity index (χ1) is 10.6. The average molecular weight is 318 g/mol. The van der Waals surface area contributed by atoms with Crippen molar-refractivity contribution >= 4 is 0 Å². The van der Waals surface area contributed by atoms with E-state index >= 15 is 0 Å². The van der Waals surface area contributed by atoms with Crippen molar-refractivity contribution in [2.45, 2.75) is 91.0 Å². The van der Waals surface area contributed by atoms with Gasteiger partial charge in [0.25, 0.3) is 0 Å². The molecule has 0 aliphatic carbocycles. The molecule has 134 valence electrons. The molecule has 0 saturated heterocycles. The topological polar surface area (TPSA) is 47.9 Å². The second-order valence-corrected chi connectivity index (χ2v) is 6.27. The van der Waals surface area contributed by atoms with Crippen LogP contribution in [0.1, 0.15) is 72.6 Å². The zero-order valence-electron chi connectivity index (χ0n) is 15.2. The van der Waals surface area contributed by atoms with Crippen molar-refractivity contribution in [2.75, 3.05) is 26.4 Å². The molecule has 0 aliphatic rings. The van der Waals surface area contributed by atoms with Gasteiger partial charge >= 0.3 is 0 Å². The number of aliphatic hydroxyl groups excluding tert-OH is 1. The van der Waals surface area contributed by atoms with Crippen LogP contribution in [-0.4, -0.2) is 49.8 Å². The Morgan fingerprint density at radius 3 is 1.77 bits per heavy atom. The van der Waals surface area contributed by atoms with Crippen molar-refractivity contribution in [3.05, 3.63) is 0 Å². The van der Waals surface area contributed by atoms with Gasteiger partial charge in [0.1, 0.15) is 0 Å². The molecule has 0 amide bonds. The van der Waals surface area contributed by atoms with Crippen LogP contribution in [0, 0.1) is 0 Å². The van der Waals surface area contributed by atoms with E-state index in [1.807, 2.05) is 20.8 Å². The van der Waals surface area contributed by atoms with Crippen molar-refractivity contribution in [1.82, 2.24) is 0 Å². The SMILES string of the molecule is CCCCCCCCCOC(C)COC(C)COC(C)CO. The third-order valence-corrected chi connectivity index (χ3v) is 3.64. The van der Waals surface area contributed by atoms with E-state index in [4.69, 9.17) is 19.3 Å². The van der Waals surface area contributed by atoms with Gasteiger partial charge in [-0.3, -0.25) is 0 Å². The minimum absolute atomic E-state index is 0.0265. The van der Waals surface area contributed by atoms with Crippen LogP contribution in [0.25, 0.3) is 0 Å². The predicted molar refractivity (Wildman–Crippen MR) is 91.3 cm³/mol. The Balaban J connectivity index is 3.36. The number of hydrogen-bond donors (Lipinski definition) is 1. The minimum atomic E-state index is -0.128. The fraction of sp³-hybridized carbons (Fsp3) is 1.00. The Morgan fingerprint density at radius 1 is 0.682 bits per heavy atom. The van der Waals surface area contributed by atoms with Crippen LogP contribution < -0.4 is 0 Å². The Hall–Kier alpha value is -0.160. The summed E-state index contributed by atoms with van der Waals surface area (Å²) in [6.07, 6.45) is 9.16. The van der Waals surface area contributed by atoms with Crippen molar-refractivity contribution in [2.24, 2.45) is 0 Å². The molecular formula is C18H38O4. The van der Waals surface area contributed by atoms with E-state index in [2.05, 4.69) is 6.92 Å². The molecule has 0 saturated carbocycles. The number of ether oxygens (including phenoxy) is 3. The zero-order valence-corrected chi connectivity index (χ0v) is 15.2. The van der Waals surface area contributed by atoms with Crippen molar-refractivity contribution < 1.29 is 19.3 Å². The van der Waals surface area contributed by atoms with Gasteiger partial charge in [-0.25, -0.2) is 0 Å². The zero-order chi connectivity index (χ0) is 16.6. The predicted octanol–water partition coefficient (Wildman–Crippen LogP) is 3.94. The molecule has 0 spiro atoms.